The Labute approximate surface area is 121 Å². The molecule has 1 aliphatic rings. The van der Waals surface area contributed by atoms with E-state index in [0.29, 0.717) is 19.6 Å². The molecule has 0 amide bonds. The maximum absolute atomic E-state index is 12.4. The summed E-state index contributed by atoms with van der Waals surface area (Å²) in [5.74, 6) is 0.0738. The maximum Gasteiger partial charge on any atom is 0.159 e. The molecule has 2 rings (SSSR count). The lowest BCUT2D eigenvalue weighted by Gasteiger charge is -2.15. The standard InChI is InChI=1S/C15H22O4S/c1-15(2)8-14(10-19-15)20(16,17)11-13-6-4-12(5-7-13)9-18-3/h4-7,14H,8-11H2,1-3H3. The molecule has 1 saturated heterocycles. The number of sulfone groups is 1. The fourth-order valence-corrected chi connectivity index (χ4v) is 4.29. The molecule has 1 aromatic rings. The first-order valence-corrected chi connectivity index (χ1v) is 8.46. The molecule has 1 aromatic carbocycles. The van der Waals surface area contributed by atoms with Crippen molar-refractivity contribution in [3.63, 3.8) is 0 Å². The Morgan fingerprint density at radius 2 is 1.85 bits per heavy atom. The van der Waals surface area contributed by atoms with Gasteiger partial charge in [0.2, 0.25) is 0 Å². The zero-order valence-corrected chi connectivity index (χ0v) is 13.1. The topological polar surface area (TPSA) is 52.6 Å². The van der Waals surface area contributed by atoms with Gasteiger partial charge in [0.15, 0.2) is 9.84 Å². The van der Waals surface area contributed by atoms with Crippen LogP contribution in [0.1, 0.15) is 31.4 Å². The monoisotopic (exact) mass is 298 g/mol. The van der Waals surface area contributed by atoms with Crippen molar-refractivity contribution in [1.82, 2.24) is 0 Å². The zero-order valence-electron chi connectivity index (χ0n) is 12.3. The maximum atomic E-state index is 12.4. The summed E-state index contributed by atoms with van der Waals surface area (Å²) in [6.07, 6.45) is 0.567. The summed E-state index contributed by atoms with van der Waals surface area (Å²) in [7, 11) is -1.53. The van der Waals surface area contributed by atoms with Crippen LogP contribution < -0.4 is 0 Å². The molecule has 5 heteroatoms. The van der Waals surface area contributed by atoms with Crippen molar-refractivity contribution in [1.29, 1.82) is 0 Å². The van der Waals surface area contributed by atoms with Crippen LogP contribution in [0, 0.1) is 0 Å². The van der Waals surface area contributed by atoms with Crippen LogP contribution in [0.25, 0.3) is 0 Å². The molecule has 4 nitrogen and oxygen atoms in total. The van der Waals surface area contributed by atoms with Gasteiger partial charge in [-0.1, -0.05) is 24.3 Å². The molecular formula is C15H22O4S. The van der Waals surface area contributed by atoms with Gasteiger partial charge in [-0.2, -0.15) is 0 Å². The molecule has 0 radical (unpaired) electrons. The van der Waals surface area contributed by atoms with E-state index >= 15 is 0 Å². The van der Waals surface area contributed by atoms with Crippen LogP contribution in [0.3, 0.4) is 0 Å². The largest absolute Gasteiger partial charge is 0.380 e. The van der Waals surface area contributed by atoms with Crippen molar-refractivity contribution in [3.05, 3.63) is 35.4 Å². The van der Waals surface area contributed by atoms with Crippen LogP contribution in [-0.4, -0.2) is 33.0 Å². The van der Waals surface area contributed by atoms with Gasteiger partial charge < -0.3 is 9.47 Å². The fraction of sp³-hybridized carbons (Fsp3) is 0.600. The third kappa shape index (κ3) is 3.81. The smallest absolute Gasteiger partial charge is 0.159 e. The summed E-state index contributed by atoms with van der Waals surface area (Å²) in [6, 6.07) is 7.52. The van der Waals surface area contributed by atoms with Crippen LogP contribution in [0.2, 0.25) is 0 Å². The van der Waals surface area contributed by atoms with Gasteiger partial charge in [0.25, 0.3) is 0 Å². The molecule has 1 heterocycles. The first-order valence-electron chi connectivity index (χ1n) is 6.75. The Bertz CT molecular complexity index is 546. The summed E-state index contributed by atoms with van der Waals surface area (Å²) in [5.41, 5.74) is 1.52. The van der Waals surface area contributed by atoms with Gasteiger partial charge in [-0.05, 0) is 31.4 Å². The minimum atomic E-state index is -3.17. The van der Waals surface area contributed by atoms with Crippen LogP contribution in [0.15, 0.2) is 24.3 Å². The molecule has 112 valence electrons. The SMILES string of the molecule is COCc1ccc(CS(=O)(=O)C2COC(C)(C)C2)cc1. The number of hydrogen-bond donors (Lipinski definition) is 0. The van der Waals surface area contributed by atoms with Crippen molar-refractivity contribution in [2.24, 2.45) is 0 Å². The first-order chi connectivity index (χ1) is 9.32. The van der Waals surface area contributed by atoms with E-state index < -0.39 is 15.1 Å². The Morgan fingerprint density at radius 3 is 2.35 bits per heavy atom. The summed E-state index contributed by atoms with van der Waals surface area (Å²) in [6.45, 7) is 4.71. The Morgan fingerprint density at radius 1 is 1.25 bits per heavy atom. The van der Waals surface area contributed by atoms with Gasteiger partial charge in [0.05, 0.1) is 29.8 Å². The van der Waals surface area contributed by atoms with Crippen LogP contribution in [-0.2, 0) is 31.7 Å². The fourth-order valence-electron chi connectivity index (χ4n) is 2.46. The molecule has 1 fully saturated rings. The van der Waals surface area contributed by atoms with Crippen molar-refractivity contribution in [2.45, 2.75) is 43.5 Å². The zero-order chi connectivity index (χ0) is 14.8. The Balaban J connectivity index is 2.05. The van der Waals surface area contributed by atoms with Crippen molar-refractivity contribution in [2.75, 3.05) is 13.7 Å². The van der Waals surface area contributed by atoms with Gasteiger partial charge in [-0.15, -0.1) is 0 Å². The summed E-state index contributed by atoms with van der Waals surface area (Å²) >= 11 is 0. The van der Waals surface area contributed by atoms with E-state index in [1.165, 1.54) is 0 Å². The number of methoxy groups -OCH3 is 1. The molecule has 0 aliphatic carbocycles. The molecule has 0 spiro atoms. The second-order valence-corrected chi connectivity index (χ2v) is 8.23. The number of benzene rings is 1. The van der Waals surface area contributed by atoms with Crippen molar-refractivity contribution < 1.29 is 17.9 Å². The van der Waals surface area contributed by atoms with E-state index in [2.05, 4.69) is 0 Å². The quantitative estimate of drug-likeness (QED) is 0.837. The average Bonchev–Trinajstić information content (AvgIpc) is 2.73. The third-order valence-electron chi connectivity index (χ3n) is 3.59. The second kappa shape index (κ2) is 5.84. The number of hydrogen-bond acceptors (Lipinski definition) is 4. The Hall–Kier alpha value is -0.910. The predicted molar refractivity (Wildman–Crippen MR) is 78.2 cm³/mol. The van der Waals surface area contributed by atoms with Crippen LogP contribution >= 0.6 is 0 Å². The van der Waals surface area contributed by atoms with E-state index in [9.17, 15) is 8.42 Å². The summed E-state index contributed by atoms with van der Waals surface area (Å²) < 4.78 is 35.4. The van der Waals surface area contributed by atoms with E-state index in [1.807, 2.05) is 38.1 Å². The lowest BCUT2D eigenvalue weighted by molar-refractivity contribution is 0.0368. The van der Waals surface area contributed by atoms with E-state index in [4.69, 9.17) is 9.47 Å². The van der Waals surface area contributed by atoms with Gasteiger partial charge in [-0.3, -0.25) is 0 Å². The van der Waals surface area contributed by atoms with Crippen LogP contribution in [0.4, 0.5) is 0 Å². The summed E-state index contributed by atoms with van der Waals surface area (Å²) in [5, 5.41) is -0.392. The number of ether oxygens (including phenoxy) is 2. The summed E-state index contributed by atoms with van der Waals surface area (Å²) in [4.78, 5) is 0. The molecular weight excluding hydrogens is 276 g/mol. The van der Waals surface area contributed by atoms with Crippen molar-refractivity contribution >= 4 is 9.84 Å². The second-order valence-electron chi connectivity index (χ2n) is 5.95. The molecule has 1 atom stereocenters. The molecule has 0 aromatic heterocycles. The molecule has 20 heavy (non-hydrogen) atoms. The minimum Gasteiger partial charge on any atom is -0.380 e. The van der Waals surface area contributed by atoms with Crippen LogP contribution in [0.5, 0.6) is 0 Å². The van der Waals surface area contributed by atoms with Gasteiger partial charge in [0, 0.05) is 7.11 Å². The number of rotatable bonds is 5. The first kappa shape index (κ1) is 15.5. The lowest BCUT2D eigenvalue weighted by atomic mass is 10.1. The predicted octanol–water partition coefficient (Wildman–Crippen LogP) is 2.32. The van der Waals surface area contributed by atoms with E-state index in [-0.39, 0.29) is 11.4 Å². The third-order valence-corrected chi connectivity index (χ3v) is 5.64. The minimum absolute atomic E-state index is 0.0738. The normalized spacial score (nSPS) is 22.1. The van der Waals surface area contributed by atoms with E-state index in [0.717, 1.165) is 11.1 Å². The molecule has 1 aliphatic heterocycles. The highest BCUT2D eigenvalue weighted by Crippen LogP contribution is 2.30. The molecule has 0 N–H and O–H groups in total. The van der Waals surface area contributed by atoms with Gasteiger partial charge in [-0.25, -0.2) is 8.42 Å². The lowest BCUT2D eigenvalue weighted by Crippen LogP contribution is -2.25. The Kier molecular flexibility index (Phi) is 4.52. The molecule has 0 bridgehead atoms. The average molecular weight is 298 g/mol. The van der Waals surface area contributed by atoms with E-state index in [1.54, 1.807) is 7.11 Å². The van der Waals surface area contributed by atoms with Gasteiger partial charge in [0.1, 0.15) is 0 Å². The molecule has 0 saturated carbocycles. The highest BCUT2D eigenvalue weighted by molar-refractivity contribution is 7.91. The highest BCUT2D eigenvalue weighted by Gasteiger charge is 2.39. The highest BCUT2D eigenvalue weighted by atomic mass is 32.2. The van der Waals surface area contributed by atoms with Crippen molar-refractivity contribution in [3.8, 4) is 0 Å². The molecule has 1 unspecified atom stereocenters. The van der Waals surface area contributed by atoms with Gasteiger partial charge >= 0.3 is 0 Å².